The average molecular weight is 218 g/mol. The van der Waals surface area contributed by atoms with Crippen LogP contribution in [0, 0.1) is 5.92 Å². The van der Waals surface area contributed by atoms with Gasteiger partial charge in [-0.2, -0.15) is 0 Å². The number of hydrogen-bond donors (Lipinski definition) is 2. The second kappa shape index (κ2) is 4.98. The molecular formula is C14H22N2. The van der Waals surface area contributed by atoms with E-state index in [1.54, 1.807) is 0 Å². The molecule has 1 aliphatic rings. The lowest BCUT2D eigenvalue weighted by Gasteiger charge is -2.36. The first-order valence-corrected chi connectivity index (χ1v) is 6.26. The zero-order valence-corrected chi connectivity index (χ0v) is 10.2. The smallest absolute Gasteiger partial charge is 0.0282 e. The molecule has 2 atom stereocenters. The van der Waals surface area contributed by atoms with Gasteiger partial charge in [0.1, 0.15) is 0 Å². The highest BCUT2D eigenvalue weighted by atomic mass is 15.2. The zero-order valence-electron chi connectivity index (χ0n) is 10.2. The summed E-state index contributed by atoms with van der Waals surface area (Å²) in [4.78, 5) is 0. The number of hydrazine groups is 1. The van der Waals surface area contributed by atoms with Crippen molar-refractivity contribution in [3.8, 4) is 0 Å². The summed E-state index contributed by atoms with van der Waals surface area (Å²) in [5, 5.41) is 0. The molecule has 0 saturated heterocycles. The molecule has 0 spiro atoms. The van der Waals surface area contributed by atoms with Crippen LogP contribution >= 0.6 is 0 Å². The molecule has 2 unspecified atom stereocenters. The molecule has 2 nitrogen and oxygen atoms in total. The van der Waals surface area contributed by atoms with Gasteiger partial charge in [-0.3, -0.25) is 11.3 Å². The third-order valence-electron chi connectivity index (χ3n) is 3.65. The number of nitrogens with two attached hydrogens (primary N) is 1. The molecule has 2 rings (SSSR count). The molecule has 0 aliphatic heterocycles. The first kappa shape index (κ1) is 11.6. The van der Waals surface area contributed by atoms with Crippen molar-refractivity contribution >= 4 is 0 Å². The molecule has 1 aliphatic carbocycles. The summed E-state index contributed by atoms with van der Waals surface area (Å²) in [5.74, 6) is 7.06. The van der Waals surface area contributed by atoms with Crippen molar-refractivity contribution in [1.82, 2.24) is 5.43 Å². The molecule has 0 bridgehead atoms. The van der Waals surface area contributed by atoms with Gasteiger partial charge in [-0.15, -0.1) is 0 Å². The maximum absolute atomic E-state index is 5.68. The van der Waals surface area contributed by atoms with Crippen LogP contribution in [0.5, 0.6) is 0 Å². The van der Waals surface area contributed by atoms with Crippen molar-refractivity contribution < 1.29 is 0 Å². The predicted molar refractivity (Wildman–Crippen MR) is 68.1 cm³/mol. The summed E-state index contributed by atoms with van der Waals surface area (Å²) in [6.45, 7) is 4.53. The van der Waals surface area contributed by atoms with E-state index in [4.69, 9.17) is 5.84 Å². The van der Waals surface area contributed by atoms with Crippen LogP contribution in [0.3, 0.4) is 0 Å². The van der Waals surface area contributed by atoms with Gasteiger partial charge in [0.05, 0.1) is 0 Å². The van der Waals surface area contributed by atoms with Crippen LogP contribution in [0.2, 0.25) is 0 Å². The van der Waals surface area contributed by atoms with E-state index in [2.05, 4.69) is 43.5 Å². The molecular weight excluding hydrogens is 196 g/mol. The van der Waals surface area contributed by atoms with Gasteiger partial charge in [-0.25, -0.2) is 0 Å². The van der Waals surface area contributed by atoms with Crippen molar-refractivity contribution in [2.24, 2.45) is 11.8 Å². The van der Waals surface area contributed by atoms with Crippen LogP contribution in [0.25, 0.3) is 0 Å². The Hall–Kier alpha value is -0.860. The van der Waals surface area contributed by atoms with E-state index in [1.807, 2.05) is 0 Å². The van der Waals surface area contributed by atoms with Crippen LogP contribution in [0.4, 0.5) is 0 Å². The van der Waals surface area contributed by atoms with Gasteiger partial charge < -0.3 is 0 Å². The van der Waals surface area contributed by atoms with Gasteiger partial charge >= 0.3 is 0 Å². The number of rotatable bonds is 5. The van der Waals surface area contributed by atoms with Crippen LogP contribution in [-0.2, 0) is 6.42 Å². The first-order chi connectivity index (χ1) is 7.72. The fourth-order valence-corrected chi connectivity index (χ4v) is 2.57. The SMILES string of the molecule is CC(C)CCC(NN)C1Cc2ccccc21. The zero-order chi connectivity index (χ0) is 11.5. The molecule has 3 N–H and O–H groups in total. The van der Waals surface area contributed by atoms with Crippen molar-refractivity contribution in [3.63, 3.8) is 0 Å². The average Bonchev–Trinajstić information content (AvgIpc) is 2.24. The van der Waals surface area contributed by atoms with E-state index >= 15 is 0 Å². The van der Waals surface area contributed by atoms with Crippen LogP contribution < -0.4 is 11.3 Å². The number of fused-ring (bicyclic) bond motifs is 1. The first-order valence-electron chi connectivity index (χ1n) is 6.26. The molecule has 1 aromatic carbocycles. The summed E-state index contributed by atoms with van der Waals surface area (Å²) in [6, 6.07) is 9.15. The van der Waals surface area contributed by atoms with E-state index in [0.717, 1.165) is 5.92 Å². The van der Waals surface area contributed by atoms with E-state index in [1.165, 1.54) is 30.4 Å². The van der Waals surface area contributed by atoms with Crippen molar-refractivity contribution in [2.45, 2.75) is 45.1 Å². The van der Waals surface area contributed by atoms with Crippen LogP contribution in [0.15, 0.2) is 24.3 Å². The molecule has 0 heterocycles. The summed E-state index contributed by atoms with van der Waals surface area (Å²) in [6.07, 6.45) is 3.60. The molecule has 16 heavy (non-hydrogen) atoms. The lowest BCUT2D eigenvalue weighted by Crippen LogP contribution is -2.43. The monoisotopic (exact) mass is 218 g/mol. The van der Waals surface area contributed by atoms with Gasteiger partial charge in [0.15, 0.2) is 0 Å². The predicted octanol–water partition coefficient (Wildman–Crippen LogP) is 2.59. The second-order valence-corrected chi connectivity index (χ2v) is 5.25. The summed E-state index contributed by atoms with van der Waals surface area (Å²) < 4.78 is 0. The molecule has 0 saturated carbocycles. The molecule has 1 aromatic rings. The largest absolute Gasteiger partial charge is 0.271 e. The van der Waals surface area contributed by atoms with E-state index in [9.17, 15) is 0 Å². The second-order valence-electron chi connectivity index (χ2n) is 5.25. The Labute approximate surface area is 98.2 Å². The van der Waals surface area contributed by atoms with Crippen LogP contribution in [-0.4, -0.2) is 6.04 Å². The molecule has 0 fully saturated rings. The third kappa shape index (κ3) is 2.28. The number of hydrogen-bond acceptors (Lipinski definition) is 2. The van der Waals surface area contributed by atoms with E-state index < -0.39 is 0 Å². The Bertz CT molecular complexity index is 346. The minimum absolute atomic E-state index is 0.442. The Morgan fingerprint density at radius 2 is 2.06 bits per heavy atom. The normalized spacial score (nSPS) is 20.4. The molecule has 88 valence electrons. The Morgan fingerprint density at radius 3 is 2.69 bits per heavy atom. The minimum Gasteiger partial charge on any atom is -0.271 e. The summed E-state index contributed by atoms with van der Waals surface area (Å²) in [5.41, 5.74) is 5.99. The fourth-order valence-electron chi connectivity index (χ4n) is 2.57. The highest BCUT2D eigenvalue weighted by Gasteiger charge is 2.31. The fraction of sp³-hybridized carbons (Fsp3) is 0.571. The topological polar surface area (TPSA) is 38.0 Å². The number of nitrogens with one attached hydrogen (secondary N) is 1. The van der Waals surface area contributed by atoms with E-state index in [0.29, 0.717) is 12.0 Å². The molecule has 0 amide bonds. The molecule has 0 aromatic heterocycles. The standard InChI is InChI=1S/C14H22N2/c1-10(2)7-8-14(16-15)13-9-11-5-3-4-6-12(11)13/h3-6,10,13-14,16H,7-9,15H2,1-2H3. The Balaban J connectivity index is 1.98. The van der Waals surface area contributed by atoms with Gasteiger partial charge in [-0.05, 0) is 36.3 Å². The highest BCUT2D eigenvalue weighted by molar-refractivity contribution is 5.41. The van der Waals surface area contributed by atoms with E-state index in [-0.39, 0.29) is 0 Å². The molecule has 0 radical (unpaired) electrons. The van der Waals surface area contributed by atoms with Crippen molar-refractivity contribution in [2.75, 3.05) is 0 Å². The summed E-state index contributed by atoms with van der Waals surface area (Å²) in [7, 11) is 0. The van der Waals surface area contributed by atoms with Gasteiger partial charge in [-0.1, -0.05) is 38.1 Å². The highest BCUT2D eigenvalue weighted by Crippen LogP contribution is 2.38. The van der Waals surface area contributed by atoms with Gasteiger partial charge in [0.25, 0.3) is 0 Å². The minimum atomic E-state index is 0.442. The lowest BCUT2D eigenvalue weighted by molar-refractivity contribution is 0.358. The van der Waals surface area contributed by atoms with Gasteiger partial charge in [0, 0.05) is 12.0 Å². The maximum Gasteiger partial charge on any atom is 0.0282 e. The third-order valence-corrected chi connectivity index (χ3v) is 3.65. The van der Waals surface area contributed by atoms with Gasteiger partial charge in [0.2, 0.25) is 0 Å². The number of benzene rings is 1. The lowest BCUT2D eigenvalue weighted by atomic mass is 9.72. The Kier molecular flexibility index (Phi) is 3.62. The Morgan fingerprint density at radius 1 is 1.31 bits per heavy atom. The quantitative estimate of drug-likeness (QED) is 0.589. The van der Waals surface area contributed by atoms with Crippen molar-refractivity contribution in [1.29, 1.82) is 0 Å². The maximum atomic E-state index is 5.68. The van der Waals surface area contributed by atoms with Crippen molar-refractivity contribution in [3.05, 3.63) is 35.4 Å². The van der Waals surface area contributed by atoms with Crippen LogP contribution in [0.1, 0.15) is 43.7 Å². The molecule has 2 heteroatoms. The summed E-state index contributed by atoms with van der Waals surface area (Å²) >= 11 is 0.